The minimum Gasteiger partial charge on any atom is -0.356 e. The van der Waals surface area contributed by atoms with Gasteiger partial charge in [0.1, 0.15) is 5.82 Å². The predicted octanol–water partition coefficient (Wildman–Crippen LogP) is 2.13. The van der Waals surface area contributed by atoms with Crippen molar-refractivity contribution < 1.29 is 0 Å². The van der Waals surface area contributed by atoms with Gasteiger partial charge < -0.3 is 10.6 Å². The molecule has 1 heterocycles. The van der Waals surface area contributed by atoms with Crippen LogP contribution >= 0.6 is 0 Å². The average molecular weight is 233 g/mol. The molecule has 94 valence electrons. The highest BCUT2D eigenvalue weighted by atomic mass is 15.2. The molecule has 1 saturated carbocycles. The summed E-state index contributed by atoms with van der Waals surface area (Å²) in [5, 5.41) is 0. The largest absolute Gasteiger partial charge is 0.356 e. The molecule has 0 radical (unpaired) electrons. The van der Waals surface area contributed by atoms with E-state index in [-0.39, 0.29) is 0 Å². The minimum atomic E-state index is 0.694. The molecule has 0 amide bonds. The van der Waals surface area contributed by atoms with Crippen molar-refractivity contribution in [2.45, 2.75) is 33.1 Å². The Hall–Kier alpha value is -1.09. The third-order valence-corrected chi connectivity index (χ3v) is 3.40. The van der Waals surface area contributed by atoms with Gasteiger partial charge in [-0.05, 0) is 56.7 Å². The number of anilines is 1. The molecule has 0 atom stereocenters. The fourth-order valence-electron chi connectivity index (χ4n) is 2.24. The molecule has 0 aliphatic heterocycles. The topological polar surface area (TPSA) is 42.2 Å². The van der Waals surface area contributed by atoms with E-state index in [0.29, 0.717) is 6.54 Å². The molecule has 17 heavy (non-hydrogen) atoms. The van der Waals surface area contributed by atoms with Gasteiger partial charge in [-0.15, -0.1) is 0 Å². The maximum atomic E-state index is 5.57. The Balaban J connectivity index is 2.12. The Morgan fingerprint density at radius 3 is 2.76 bits per heavy atom. The highest BCUT2D eigenvalue weighted by molar-refractivity contribution is 5.47. The van der Waals surface area contributed by atoms with Gasteiger partial charge in [0.25, 0.3) is 0 Å². The smallest absolute Gasteiger partial charge is 0.131 e. The summed E-state index contributed by atoms with van der Waals surface area (Å²) in [6.45, 7) is 7.26. The summed E-state index contributed by atoms with van der Waals surface area (Å²) < 4.78 is 0. The summed E-state index contributed by atoms with van der Waals surface area (Å²) in [5.74, 6) is 2.06. The van der Waals surface area contributed by atoms with Crippen molar-refractivity contribution in [2.75, 3.05) is 24.5 Å². The molecule has 0 spiro atoms. The van der Waals surface area contributed by atoms with E-state index in [1.807, 2.05) is 6.20 Å². The van der Waals surface area contributed by atoms with Gasteiger partial charge in [-0.3, -0.25) is 0 Å². The molecular weight excluding hydrogens is 210 g/mol. The first-order valence-electron chi connectivity index (χ1n) is 6.65. The van der Waals surface area contributed by atoms with Crippen molar-refractivity contribution in [2.24, 2.45) is 11.7 Å². The average Bonchev–Trinajstić information content (AvgIpc) is 3.11. The molecule has 1 aromatic rings. The fraction of sp³-hybridized carbons (Fsp3) is 0.643. The zero-order valence-electron chi connectivity index (χ0n) is 10.9. The van der Waals surface area contributed by atoms with Crippen LogP contribution in [0, 0.1) is 12.8 Å². The molecule has 1 aliphatic carbocycles. The van der Waals surface area contributed by atoms with Crippen LogP contribution in [0.4, 0.5) is 5.82 Å². The molecule has 1 fully saturated rings. The lowest BCUT2D eigenvalue weighted by molar-refractivity contribution is 0.728. The van der Waals surface area contributed by atoms with Gasteiger partial charge in [-0.2, -0.15) is 0 Å². The normalized spacial score (nSPS) is 15.0. The molecule has 1 aliphatic rings. The predicted molar refractivity (Wildman–Crippen MR) is 72.3 cm³/mol. The lowest BCUT2D eigenvalue weighted by atomic mass is 10.1. The molecular formula is C14H23N3. The van der Waals surface area contributed by atoms with Gasteiger partial charge in [0, 0.05) is 19.3 Å². The van der Waals surface area contributed by atoms with Gasteiger partial charge >= 0.3 is 0 Å². The molecule has 2 N–H and O–H groups in total. The van der Waals surface area contributed by atoms with E-state index < -0.39 is 0 Å². The number of hydrogen-bond donors (Lipinski definition) is 1. The number of aryl methyl sites for hydroxylation is 1. The summed E-state index contributed by atoms with van der Waals surface area (Å²) >= 11 is 0. The molecule has 0 unspecified atom stereocenters. The molecule has 3 heteroatoms. The number of rotatable bonds is 6. The quantitative estimate of drug-likeness (QED) is 0.818. The van der Waals surface area contributed by atoms with E-state index in [9.17, 15) is 0 Å². The first kappa shape index (κ1) is 12.4. The van der Waals surface area contributed by atoms with E-state index in [1.165, 1.54) is 30.5 Å². The lowest BCUT2D eigenvalue weighted by Crippen LogP contribution is -2.27. The summed E-state index contributed by atoms with van der Waals surface area (Å²) in [5.41, 5.74) is 8.09. The Bertz CT molecular complexity index is 372. The second-order valence-electron chi connectivity index (χ2n) is 5.00. The zero-order valence-corrected chi connectivity index (χ0v) is 10.9. The van der Waals surface area contributed by atoms with Crippen LogP contribution in [0.25, 0.3) is 0 Å². The Morgan fingerprint density at radius 2 is 2.24 bits per heavy atom. The van der Waals surface area contributed by atoms with E-state index in [1.54, 1.807) is 0 Å². The number of nitrogens with zero attached hydrogens (tertiary/aromatic N) is 2. The van der Waals surface area contributed by atoms with Crippen LogP contribution in [-0.4, -0.2) is 24.6 Å². The molecule has 2 rings (SSSR count). The van der Waals surface area contributed by atoms with Crippen LogP contribution < -0.4 is 10.6 Å². The highest BCUT2D eigenvalue weighted by Crippen LogP contribution is 2.31. The number of hydrogen-bond acceptors (Lipinski definition) is 3. The van der Waals surface area contributed by atoms with E-state index in [0.717, 1.165) is 24.7 Å². The summed E-state index contributed by atoms with van der Waals surface area (Å²) in [6.07, 6.45) is 5.68. The first-order chi connectivity index (χ1) is 8.24. The van der Waals surface area contributed by atoms with Gasteiger partial charge in [0.15, 0.2) is 0 Å². The Labute approximate surface area is 104 Å². The molecule has 1 aromatic heterocycles. The maximum absolute atomic E-state index is 5.57. The maximum Gasteiger partial charge on any atom is 0.131 e. The fourth-order valence-corrected chi connectivity index (χ4v) is 2.24. The van der Waals surface area contributed by atoms with Crippen LogP contribution in [0.1, 0.15) is 30.9 Å². The van der Waals surface area contributed by atoms with Crippen molar-refractivity contribution in [1.29, 1.82) is 0 Å². The van der Waals surface area contributed by atoms with E-state index in [2.05, 4.69) is 29.8 Å². The van der Waals surface area contributed by atoms with Crippen molar-refractivity contribution in [3.63, 3.8) is 0 Å². The third kappa shape index (κ3) is 3.19. The number of aromatic nitrogens is 1. The SMILES string of the molecule is CCN(CC1CC1)c1ncc(CCN)cc1C. The van der Waals surface area contributed by atoms with Crippen molar-refractivity contribution in [1.82, 2.24) is 4.98 Å². The lowest BCUT2D eigenvalue weighted by Gasteiger charge is -2.23. The first-order valence-corrected chi connectivity index (χ1v) is 6.65. The second-order valence-corrected chi connectivity index (χ2v) is 5.00. The van der Waals surface area contributed by atoms with Crippen LogP contribution in [0.3, 0.4) is 0 Å². The minimum absolute atomic E-state index is 0.694. The summed E-state index contributed by atoms with van der Waals surface area (Å²) in [4.78, 5) is 7.02. The van der Waals surface area contributed by atoms with Gasteiger partial charge in [-0.25, -0.2) is 4.98 Å². The van der Waals surface area contributed by atoms with Crippen LogP contribution in [0.15, 0.2) is 12.3 Å². The van der Waals surface area contributed by atoms with Crippen molar-refractivity contribution >= 4 is 5.82 Å². The van der Waals surface area contributed by atoms with Gasteiger partial charge in [0.05, 0.1) is 0 Å². The third-order valence-electron chi connectivity index (χ3n) is 3.40. The van der Waals surface area contributed by atoms with Gasteiger partial charge in [-0.1, -0.05) is 6.07 Å². The number of pyridine rings is 1. The van der Waals surface area contributed by atoms with Crippen molar-refractivity contribution in [3.05, 3.63) is 23.4 Å². The highest BCUT2D eigenvalue weighted by Gasteiger charge is 2.24. The van der Waals surface area contributed by atoms with E-state index >= 15 is 0 Å². The Kier molecular flexibility index (Phi) is 4.00. The standard InChI is InChI=1S/C14H23N3/c1-3-17(10-12-4-5-12)14-11(2)8-13(6-7-15)9-16-14/h8-9,12H,3-7,10,15H2,1-2H3. The van der Waals surface area contributed by atoms with Gasteiger partial charge in [0.2, 0.25) is 0 Å². The van der Waals surface area contributed by atoms with Crippen molar-refractivity contribution in [3.8, 4) is 0 Å². The second kappa shape index (κ2) is 5.50. The summed E-state index contributed by atoms with van der Waals surface area (Å²) in [7, 11) is 0. The molecule has 0 bridgehead atoms. The number of nitrogens with two attached hydrogens (primary N) is 1. The van der Waals surface area contributed by atoms with Crippen LogP contribution in [0.2, 0.25) is 0 Å². The molecule has 0 saturated heterocycles. The van der Waals surface area contributed by atoms with Crippen LogP contribution in [-0.2, 0) is 6.42 Å². The zero-order chi connectivity index (χ0) is 12.3. The molecule has 0 aromatic carbocycles. The van der Waals surface area contributed by atoms with E-state index in [4.69, 9.17) is 5.73 Å². The van der Waals surface area contributed by atoms with Crippen LogP contribution in [0.5, 0.6) is 0 Å². The monoisotopic (exact) mass is 233 g/mol. The molecule has 3 nitrogen and oxygen atoms in total. The Morgan fingerprint density at radius 1 is 1.47 bits per heavy atom. The summed E-state index contributed by atoms with van der Waals surface area (Å²) in [6, 6.07) is 2.23.